The lowest BCUT2D eigenvalue weighted by atomic mass is 9.92. The number of nitro groups is 1. The van der Waals surface area contributed by atoms with E-state index in [0.29, 0.717) is 11.3 Å². The number of anilines is 4. The van der Waals surface area contributed by atoms with Gasteiger partial charge in [-0.3, -0.25) is 29.5 Å². The molecule has 0 unspecified atom stereocenters. The number of H-pyrrole nitrogens is 1. The summed E-state index contributed by atoms with van der Waals surface area (Å²) in [5.74, 6) is -2.13. The van der Waals surface area contributed by atoms with Crippen molar-refractivity contribution in [2.45, 2.75) is 19.3 Å². The second-order valence-electron chi connectivity index (χ2n) is 7.22. The third kappa shape index (κ3) is 4.17. The molecule has 1 atom stereocenters. The molecule has 2 amide bonds. The smallest absolute Gasteiger partial charge is 0.271 e. The average molecular weight is 434 g/mol. The molecule has 162 valence electrons. The topological polar surface area (TPSA) is 159 Å². The number of carbonyl (C=O) groups excluding carboxylic acids is 2. The normalized spacial score (nSPS) is 14.8. The Bertz CT molecular complexity index is 1290. The molecule has 32 heavy (non-hydrogen) atoms. The lowest BCUT2D eigenvalue weighted by Gasteiger charge is -2.24. The van der Waals surface area contributed by atoms with Crippen LogP contribution in [0.1, 0.15) is 23.5 Å². The number of aromatic amines is 1. The van der Waals surface area contributed by atoms with Gasteiger partial charge in [0.25, 0.3) is 11.2 Å². The van der Waals surface area contributed by atoms with Gasteiger partial charge in [0, 0.05) is 24.2 Å². The minimum absolute atomic E-state index is 0.0145. The van der Waals surface area contributed by atoms with E-state index in [2.05, 4.69) is 25.9 Å². The highest BCUT2D eigenvalue weighted by Gasteiger charge is 2.35. The van der Waals surface area contributed by atoms with Crippen LogP contribution < -0.4 is 21.5 Å². The number of carbonyl (C=O) groups is 2. The number of amides is 2. The van der Waals surface area contributed by atoms with E-state index in [1.165, 1.54) is 18.2 Å². The van der Waals surface area contributed by atoms with Crippen LogP contribution in [0.5, 0.6) is 0 Å². The van der Waals surface area contributed by atoms with Gasteiger partial charge in [0.2, 0.25) is 17.8 Å². The van der Waals surface area contributed by atoms with Crippen molar-refractivity contribution in [1.29, 1.82) is 0 Å². The van der Waals surface area contributed by atoms with Gasteiger partial charge in [0.05, 0.1) is 22.1 Å². The number of aromatic nitrogens is 2. The monoisotopic (exact) mass is 434 g/mol. The first-order chi connectivity index (χ1) is 15.3. The number of nitrogens with one attached hydrogen (secondary N) is 4. The zero-order chi connectivity index (χ0) is 22.8. The van der Waals surface area contributed by atoms with E-state index < -0.39 is 28.2 Å². The summed E-state index contributed by atoms with van der Waals surface area (Å²) in [5.41, 5.74) is 0.743. The zero-order valence-electron chi connectivity index (χ0n) is 16.8. The Hall–Kier alpha value is -4.54. The summed E-state index contributed by atoms with van der Waals surface area (Å²) < 4.78 is 0. The first-order valence-electron chi connectivity index (χ1n) is 9.64. The van der Waals surface area contributed by atoms with Gasteiger partial charge >= 0.3 is 0 Å². The number of nitrogens with zero attached hydrogens (tertiary/aromatic N) is 2. The molecule has 0 saturated carbocycles. The molecular formula is C21H18N6O5. The number of hydrogen-bond donors (Lipinski definition) is 4. The lowest BCUT2D eigenvalue weighted by Crippen LogP contribution is -2.36. The second kappa shape index (κ2) is 8.30. The molecule has 0 spiro atoms. The third-order valence-electron chi connectivity index (χ3n) is 4.99. The van der Waals surface area contributed by atoms with Crippen LogP contribution in [-0.4, -0.2) is 26.7 Å². The van der Waals surface area contributed by atoms with Crippen LogP contribution >= 0.6 is 0 Å². The molecule has 0 aliphatic carbocycles. The van der Waals surface area contributed by atoms with Crippen LogP contribution in [0.15, 0.2) is 53.3 Å². The molecule has 11 heteroatoms. The largest absolute Gasteiger partial charge is 0.326 e. The van der Waals surface area contributed by atoms with Gasteiger partial charge in [-0.05, 0) is 24.6 Å². The number of non-ortho nitro benzene ring substituents is 1. The molecule has 2 aromatic carbocycles. The maximum atomic E-state index is 13.0. The minimum atomic E-state index is -1.11. The summed E-state index contributed by atoms with van der Waals surface area (Å²) in [6.45, 7) is 1.68. The van der Waals surface area contributed by atoms with Crippen LogP contribution in [0.4, 0.5) is 28.8 Å². The van der Waals surface area contributed by atoms with Crippen LogP contribution in [0, 0.1) is 17.0 Å². The highest BCUT2D eigenvalue weighted by atomic mass is 16.6. The first-order valence-corrected chi connectivity index (χ1v) is 9.64. The summed E-state index contributed by atoms with van der Waals surface area (Å²) in [4.78, 5) is 55.3. The van der Waals surface area contributed by atoms with Gasteiger partial charge in [-0.1, -0.05) is 24.3 Å². The van der Waals surface area contributed by atoms with Crippen molar-refractivity contribution in [3.63, 3.8) is 0 Å². The Balaban J connectivity index is 1.65. The summed E-state index contributed by atoms with van der Waals surface area (Å²) >= 11 is 0. The minimum Gasteiger partial charge on any atom is -0.326 e. The Morgan fingerprint density at radius 2 is 1.94 bits per heavy atom. The fraction of sp³-hybridized carbons (Fsp3) is 0.143. The highest BCUT2D eigenvalue weighted by Crippen LogP contribution is 2.31. The number of benzene rings is 2. The fourth-order valence-corrected chi connectivity index (χ4v) is 3.39. The van der Waals surface area contributed by atoms with Crippen molar-refractivity contribution in [1.82, 2.24) is 9.97 Å². The van der Waals surface area contributed by atoms with Crippen LogP contribution in [0.3, 0.4) is 0 Å². The molecule has 11 nitrogen and oxygen atoms in total. The molecule has 4 N–H and O–H groups in total. The lowest BCUT2D eigenvalue weighted by molar-refractivity contribution is -0.384. The van der Waals surface area contributed by atoms with Gasteiger partial charge in [-0.15, -0.1) is 0 Å². The van der Waals surface area contributed by atoms with Crippen molar-refractivity contribution in [2.75, 3.05) is 16.0 Å². The van der Waals surface area contributed by atoms with Gasteiger partial charge in [0.15, 0.2) is 0 Å². The van der Waals surface area contributed by atoms with Crippen LogP contribution in [-0.2, 0) is 9.59 Å². The molecule has 1 aliphatic rings. The molecule has 3 aromatic rings. The predicted octanol–water partition coefficient (Wildman–Crippen LogP) is 2.79. The van der Waals surface area contributed by atoms with Crippen molar-refractivity contribution in [3.05, 3.63) is 80.1 Å². The summed E-state index contributed by atoms with van der Waals surface area (Å²) in [6, 6.07) is 13.0. The van der Waals surface area contributed by atoms with Crippen LogP contribution in [0.25, 0.3) is 0 Å². The third-order valence-corrected chi connectivity index (χ3v) is 4.99. The van der Waals surface area contributed by atoms with E-state index in [0.717, 1.165) is 0 Å². The van der Waals surface area contributed by atoms with E-state index in [4.69, 9.17) is 0 Å². The Morgan fingerprint density at radius 1 is 1.19 bits per heavy atom. The molecular weight excluding hydrogens is 416 g/mol. The summed E-state index contributed by atoms with van der Waals surface area (Å²) in [5, 5.41) is 19.1. The number of fused-ring (bicyclic) bond motifs is 1. The Kier molecular flexibility index (Phi) is 5.37. The number of nitro benzene ring substituents is 1. The molecule has 0 fully saturated rings. The molecule has 1 aliphatic heterocycles. The highest BCUT2D eigenvalue weighted by molar-refractivity contribution is 6.04. The zero-order valence-corrected chi connectivity index (χ0v) is 16.8. The first kappa shape index (κ1) is 20.7. The number of para-hydroxylation sites is 1. The molecule has 2 heterocycles. The summed E-state index contributed by atoms with van der Waals surface area (Å²) in [7, 11) is 0. The average Bonchev–Trinajstić information content (AvgIpc) is 2.75. The maximum Gasteiger partial charge on any atom is 0.271 e. The quantitative estimate of drug-likeness (QED) is 0.355. The van der Waals surface area contributed by atoms with Gasteiger partial charge in [-0.25, -0.2) is 0 Å². The van der Waals surface area contributed by atoms with Crippen molar-refractivity contribution in [3.8, 4) is 0 Å². The molecule has 4 rings (SSSR count). The van der Waals surface area contributed by atoms with Crippen LogP contribution in [0.2, 0.25) is 0 Å². The Labute approximate surface area is 181 Å². The van der Waals surface area contributed by atoms with Gasteiger partial charge < -0.3 is 16.0 Å². The summed E-state index contributed by atoms with van der Waals surface area (Å²) in [6.07, 6.45) is -0.261. The molecule has 1 aromatic heterocycles. The van der Waals surface area contributed by atoms with Crippen molar-refractivity contribution >= 4 is 40.6 Å². The van der Waals surface area contributed by atoms with E-state index in [9.17, 15) is 24.5 Å². The van der Waals surface area contributed by atoms with Crippen molar-refractivity contribution in [2.24, 2.45) is 0 Å². The maximum absolute atomic E-state index is 13.0. The standard InChI is InChI=1S/C21H18N6O5/c1-11-7-8-13(27(31)32)9-15(11)23-19(29)14-10-16(28)24-18-17(14)20(30)26-21(25-18)22-12-5-3-2-4-6-12/h2-9,14H,10H2,1H3,(H,23,29)(H3,22,24,25,26,28,30)/t14-/m1/s1. The molecule has 0 bridgehead atoms. The van der Waals surface area contributed by atoms with E-state index in [1.54, 1.807) is 31.2 Å². The molecule has 0 saturated heterocycles. The SMILES string of the molecule is Cc1ccc([N+](=O)[O-])cc1NC(=O)[C@@H]1CC(=O)Nc2nc(Nc3ccccc3)[nH]c(=O)c21. The fourth-order valence-electron chi connectivity index (χ4n) is 3.39. The number of rotatable bonds is 5. The molecule has 0 radical (unpaired) electrons. The second-order valence-corrected chi connectivity index (χ2v) is 7.22. The predicted molar refractivity (Wildman–Crippen MR) is 117 cm³/mol. The van der Waals surface area contributed by atoms with Gasteiger partial charge in [-0.2, -0.15) is 4.98 Å². The van der Waals surface area contributed by atoms with E-state index in [1.807, 2.05) is 6.07 Å². The van der Waals surface area contributed by atoms with E-state index >= 15 is 0 Å². The Morgan fingerprint density at radius 3 is 2.66 bits per heavy atom. The number of aryl methyl sites for hydroxylation is 1. The van der Waals surface area contributed by atoms with Gasteiger partial charge in [0.1, 0.15) is 5.82 Å². The number of hydrogen-bond acceptors (Lipinski definition) is 7. The van der Waals surface area contributed by atoms with Crippen molar-refractivity contribution < 1.29 is 14.5 Å². The van der Waals surface area contributed by atoms with E-state index in [-0.39, 0.29) is 35.1 Å².